The van der Waals surface area contributed by atoms with E-state index >= 15 is 0 Å². The Bertz CT molecular complexity index is 1160. The van der Waals surface area contributed by atoms with Gasteiger partial charge in [-0.1, -0.05) is 18.2 Å². The smallest absolute Gasteiger partial charge is 0.379 e. The molecule has 2 aromatic rings. The topological polar surface area (TPSA) is 62.0 Å². The summed E-state index contributed by atoms with van der Waals surface area (Å²) < 4.78 is 86.3. The molecule has 2 heterocycles. The summed E-state index contributed by atoms with van der Waals surface area (Å²) in [5.41, 5.74) is 5.85. The van der Waals surface area contributed by atoms with Crippen molar-refractivity contribution >= 4 is 5.91 Å². The van der Waals surface area contributed by atoms with Crippen LogP contribution >= 0.6 is 0 Å². The minimum absolute atomic E-state index is 0.0360. The van der Waals surface area contributed by atoms with Gasteiger partial charge in [0.05, 0.1) is 30.5 Å². The minimum Gasteiger partial charge on any atom is -0.379 e. The van der Waals surface area contributed by atoms with Crippen LogP contribution in [-0.4, -0.2) is 85.3 Å². The Hall–Kier alpha value is -2.67. The van der Waals surface area contributed by atoms with Gasteiger partial charge in [0.25, 0.3) is 5.91 Å². The lowest BCUT2D eigenvalue weighted by atomic mass is 9.97. The monoisotopic (exact) mass is 572 g/mol. The number of halogens is 6. The first kappa shape index (κ1) is 30.3. The standard InChI is InChI=1S/C28H34F6N4O2/c1-18-3-4-20(11-19(18)2)12-24-16-36(17-25(35)37-7-9-40-10-8-37)5-6-38(24)26(39)21-13-22(27(29,30)31)15-23(14-21)28(32,33)34/h3-4,11,13-15,24-25H,5-10,12,16-17,35H2,1-2H3/t24-,25?/m1/s1. The average Bonchev–Trinajstić information content (AvgIpc) is 2.90. The number of morpholine rings is 1. The molecule has 2 aliphatic heterocycles. The van der Waals surface area contributed by atoms with Gasteiger partial charge < -0.3 is 15.4 Å². The number of rotatable bonds is 6. The molecule has 2 aliphatic rings. The van der Waals surface area contributed by atoms with Crippen LogP contribution in [0.5, 0.6) is 0 Å². The molecule has 0 bridgehead atoms. The number of amides is 1. The van der Waals surface area contributed by atoms with Crippen LogP contribution in [0.3, 0.4) is 0 Å². The van der Waals surface area contributed by atoms with Crippen molar-refractivity contribution in [2.45, 2.75) is 44.8 Å². The van der Waals surface area contributed by atoms with Crippen LogP contribution in [0.2, 0.25) is 0 Å². The molecule has 2 fully saturated rings. The quantitative estimate of drug-likeness (QED) is 0.523. The van der Waals surface area contributed by atoms with Crippen LogP contribution in [0.25, 0.3) is 0 Å². The number of carbonyl (C=O) groups is 1. The molecule has 4 rings (SSSR count). The first-order chi connectivity index (χ1) is 18.7. The maximum atomic E-state index is 13.6. The predicted octanol–water partition coefficient (Wildman–Crippen LogP) is 4.33. The Balaban J connectivity index is 1.61. The Kier molecular flexibility index (Phi) is 9.13. The first-order valence-electron chi connectivity index (χ1n) is 13.2. The van der Waals surface area contributed by atoms with E-state index in [4.69, 9.17) is 10.5 Å². The van der Waals surface area contributed by atoms with Crippen LogP contribution in [0.4, 0.5) is 26.3 Å². The molecule has 0 radical (unpaired) electrons. The summed E-state index contributed by atoms with van der Waals surface area (Å²) in [5.74, 6) is -0.859. The van der Waals surface area contributed by atoms with Gasteiger partial charge in [0.1, 0.15) is 0 Å². The molecule has 2 aromatic carbocycles. The molecule has 12 heteroatoms. The summed E-state index contributed by atoms with van der Waals surface area (Å²) in [6.45, 7) is 7.90. The lowest BCUT2D eigenvalue weighted by molar-refractivity contribution is -0.143. The van der Waals surface area contributed by atoms with E-state index in [1.165, 1.54) is 4.90 Å². The van der Waals surface area contributed by atoms with E-state index in [0.29, 0.717) is 64.5 Å². The third-order valence-electron chi connectivity index (χ3n) is 7.66. The number of ether oxygens (including phenoxy) is 1. The Morgan fingerprint density at radius 1 is 0.925 bits per heavy atom. The van der Waals surface area contributed by atoms with Gasteiger partial charge >= 0.3 is 12.4 Å². The molecule has 6 nitrogen and oxygen atoms in total. The molecular weight excluding hydrogens is 538 g/mol. The summed E-state index contributed by atoms with van der Waals surface area (Å²) >= 11 is 0. The van der Waals surface area contributed by atoms with Gasteiger partial charge in [-0.2, -0.15) is 26.3 Å². The summed E-state index contributed by atoms with van der Waals surface area (Å²) in [5, 5.41) is 0. The molecule has 1 unspecified atom stereocenters. The fraction of sp³-hybridized carbons (Fsp3) is 0.536. The molecular formula is C28H34F6N4O2. The number of hydrogen-bond acceptors (Lipinski definition) is 5. The van der Waals surface area contributed by atoms with Gasteiger partial charge in [-0.25, -0.2) is 0 Å². The summed E-state index contributed by atoms with van der Waals surface area (Å²) in [6.07, 6.45) is -9.96. The van der Waals surface area contributed by atoms with Gasteiger partial charge in [-0.05, 0) is 55.2 Å². The van der Waals surface area contributed by atoms with Crippen molar-refractivity contribution in [1.82, 2.24) is 14.7 Å². The number of nitrogens with two attached hydrogens (primary N) is 1. The van der Waals surface area contributed by atoms with Crippen molar-refractivity contribution in [3.8, 4) is 0 Å². The zero-order chi connectivity index (χ0) is 29.2. The van der Waals surface area contributed by atoms with E-state index in [2.05, 4.69) is 9.80 Å². The number of hydrogen-bond donors (Lipinski definition) is 1. The molecule has 1 amide bonds. The molecule has 0 saturated carbocycles. The second kappa shape index (κ2) is 12.1. The molecule has 2 saturated heterocycles. The van der Waals surface area contributed by atoms with Crippen molar-refractivity contribution in [3.05, 3.63) is 69.8 Å². The van der Waals surface area contributed by atoms with E-state index in [9.17, 15) is 31.1 Å². The fourth-order valence-corrected chi connectivity index (χ4v) is 5.26. The maximum absolute atomic E-state index is 13.6. The first-order valence-corrected chi connectivity index (χ1v) is 13.2. The van der Waals surface area contributed by atoms with Gasteiger partial charge in [-0.3, -0.25) is 14.6 Å². The van der Waals surface area contributed by atoms with Crippen molar-refractivity contribution in [2.75, 3.05) is 52.5 Å². The summed E-state index contributed by atoms with van der Waals surface area (Å²) in [6, 6.07) is 6.43. The Labute approximate surface area is 229 Å². The second-order valence-corrected chi connectivity index (χ2v) is 10.5. The zero-order valence-corrected chi connectivity index (χ0v) is 22.5. The number of benzene rings is 2. The highest BCUT2D eigenvalue weighted by atomic mass is 19.4. The van der Waals surface area contributed by atoms with Gasteiger partial charge in [0, 0.05) is 50.9 Å². The molecule has 220 valence electrons. The molecule has 2 atom stereocenters. The highest BCUT2D eigenvalue weighted by Gasteiger charge is 2.39. The second-order valence-electron chi connectivity index (χ2n) is 10.5. The third-order valence-corrected chi connectivity index (χ3v) is 7.66. The average molecular weight is 573 g/mol. The molecule has 0 aromatic heterocycles. The van der Waals surface area contributed by atoms with Crippen molar-refractivity contribution in [2.24, 2.45) is 5.73 Å². The fourth-order valence-electron chi connectivity index (χ4n) is 5.26. The van der Waals surface area contributed by atoms with Gasteiger partial charge in [-0.15, -0.1) is 0 Å². The number of piperazine rings is 1. The SMILES string of the molecule is Cc1ccc(C[C@@H]2CN(CC(N)N3CCOCC3)CCN2C(=O)c2cc(C(F)(F)F)cc(C(F)(F)F)c2)cc1C. The third kappa shape index (κ3) is 7.34. The van der Waals surface area contributed by atoms with Crippen LogP contribution in [-0.2, 0) is 23.5 Å². The van der Waals surface area contributed by atoms with Gasteiger partial charge in [0.2, 0.25) is 0 Å². The van der Waals surface area contributed by atoms with E-state index in [0.717, 1.165) is 16.7 Å². The largest absolute Gasteiger partial charge is 0.416 e. The number of aryl methyl sites for hydroxylation is 2. The maximum Gasteiger partial charge on any atom is 0.416 e. The van der Waals surface area contributed by atoms with Crippen molar-refractivity contribution in [3.63, 3.8) is 0 Å². The van der Waals surface area contributed by atoms with Crippen LogP contribution in [0.15, 0.2) is 36.4 Å². The van der Waals surface area contributed by atoms with E-state index in [1.54, 1.807) is 0 Å². The predicted molar refractivity (Wildman–Crippen MR) is 138 cm³/mol. The Morgan fingerprint density at radius 2 is 1.55 bits per heavy atom. The highest BCUT2D eigenvalue weighted by molar-refractivity contribution is 5.95. The normalized spacial score (nSPS) is 20.5. The lowest BCUT2D eigenvalue weighted by Crippen LogP contribution is -2.60. The zero-order valence-electron chi connectivity index (χ0n) is 22.5. The van der Waals surface area contributed by atoms with Crippen LogP contribution in [0.1, 0.15) is 38.2 Å². The lowest BCUT2D eigenvalue weighted by Gasteiger charge is -2.44. The van der Waals surface area contributed by atoms with E-state index in [-0.39, 0.29) is 18.8 Å². The number of carbonyl (C=O) groups excluding carboxylic acids is 1. The molecule has 0 aliphatic carbocycles. The van der Waals surface area contributed by atoms with E-state index in [1.807, 2.05) is 32.0 Å². The summed E-state index contributed by atoms with van der Waals surface area (Å²) in [4.78, 5) is 19.2. The van der Waals surface area contributed by atoms with Crippen molar-refractivity contribution < 1.29 is 35.9 Å². The molecule has 40 heavy (non-hydrogen) atoms. The minimum atomic E-state index is -5.04. The number of alkyl halides is 6. The number of nitrogens with zero attached hydrogens (tertiary/aromatic N) is 3. The molecule has 0 spiro atoms. The van der Waals surface area contributed by atoms with Crippen LogP contribution < -0.4 is 5.73 Å². The van der Waals surface area contributed by atoms with Crippen LogP contribution in [0, 0.1) is 13.8 Å². The van der Waals surface area contributed by atoms with E-state index < -0.39 is 41.0 Å². The van der Waals surface area contributed by atoms with Gasteiger partial charge in [0.15, 0.2) is 0 Å². The summed E-state index contributed by atoms with van der Waals surface area (Å²) in [7, 11) is 0. The molecule has 2 N–H and O–H groups in total. The van der Waals surface area contributed by atoms with Crippen molar-refractivity contribution in [1.29, 1.82) is 0 Å². The Morgan fingerprint density at radius 3 is 2.12 bits per heavy atom. The highest BCUT2D eigenvalue weighted by Crippen LogP contribution is 2.37.